The number of hydrogen-bond donors (Lipinski definition) is 0. The molecular weight excluding hydrogens is 436 g/mol. The molecule has 0 spiro atoms. The van der Waals surface area contributed by atoms with E-state index in [1.807, 2.05) is 24.0 Å². The number of benzene rings is 1. The van der Waals surface area contributed by atoms with Crippen LogP contribution in [0.15, 0.2) is 29.2 Å². The van der Waals surface area contributed by atoms with Crippen molar-refractivity contribution in [2.45, 2.75) is 50.3 Å². The van der Waals surface area contributed by atoms with Gasteiger partial charge < -0.3 is 9.80 Å². The van der Waals surface area contributed by atoms with E-state index in [-0.39, 0.29) is 5.91 Å². The first-order chi connectivity index (χ1) is 15.9. The molecule has 0 N–H and O–H groups in total. The zero-order valence-electron chi connectivity index (χ0n) is 20.1. The molecular formula is C25H40N4O3S. The third-order valence-corrected chi connectivity index (χ3v) is 9.44. The summed E-state index contributed by atoms with van der Waals surface area (Å²) in [6.07, 6.45) is 7.61. The summed E-state index contributed by atoms with van der Waals surface area (Å²) in [7, 11) is -3.46. The van der Waals surface area contributed by atoms with Gasteiger partial charge in [0.05, 0.1) is 11.4 Å². The fraction of sp³-hybridized carbons (Fsp3) is 0.720. The van der Waals surface area contributed by atoms with Crippen molar-refractivity contribution in [3.63, 3.8) is 0 Å². The van der Waals surface area contributed by atoms with Gasteiger partial charge in [-0.15, -0.1) is 0 Å². The van der Waals surface area contributed by atoms with Gasteiger partial charge in [0, 0.05) is 45.8 Å². The number of rotatable bonds is 6. The van der Waals surface area contributed by atoms with Crippen LogP contribution in [-0.2, 0) is 14.8 Å². The molecule has 1 aromatic rings. The zero-order chi connectivity index (χ0) is 23.3. The van der Waals surface area contributed by atoms with Crippen molar-refractivity contribution >= 4 is 15.9 Å². The topological polar surface area (TPSA) is 64.2 Å². The number of amides is 1. The number of hydrogen-bond acceptors (Lipinski definition) is 5. The second-order valence-corrected chi connectivity index (χ2v) is 12.0. The highest BCUT2D eigenvalue weighted by atomic mass is 32.2. The molecule has 184 valence electrons. The highest BCUT2D eigenvalue weighted by Gasteiger charge is 2.30. The largest absolute Gasteiger partial charge is 0.342 e. The van der Waals surface area contributed by atoms with E-state index in [0.717, 1.165) is 31.5 Å². The van der Waals surface area contributed by atoms with Crippen LogP contribution in [0.1, 0.15) is 44.1 Å². The first-order valence-electron chi connectivity index (χ1n) is 12.7. The molecule has 7 nitrogen and oxygen atoms in total. The minimum atomic E-state index is -3.46. The first-order valence-corrected chi connectivity index (χ1v) is 14.1. The molecule has 3 heterocycles. The van der Waals surface area contributed by atoms with E-state index in [4.69, 9.17) is 0 Å². The summed E-state index contributed by atoms with van der Waals surface area (Å²) < 4.78 is 27.3. The Balaban J connectivity index is 1.19. The summed E-state index contributed by atoms with van der Waals surface area (Å²) >= 11 is 0. The molecule has 4 rings (SSSR count). The SMILES string of the molecule is Cc1ccc(S(=O)(=O)N2CCN(CC(=O)N3CCC(CN4CCCCCC4)CC3)CC2)cc1. The predicted octanol–water partition coefficient (Wildman–Crippen LogP) is 2.42. The van der Waals surface area contributed by atoms with Crippen molar-refractivity contribution in [2.75, 3.05) is 65.4 Å². The lowest BCUT2D eigenvalue weighted by atomic mass is 9.96. The Morgan fingerprint density at radius 2 is 1.42 bits per heavy atom. The lowest BCUT2D eigenvalue weighted by Gasteiger charge is -2.37. The van der Waals surface area contributed by atoms with Gasteiger partial charge in [-0.2, -0.15) is 4.31 Å². The summed E-state index contributed by atoms with van der Waals surface area (Å²) in [6.45, 7) is 9.81. The minimum Gasteiger partial charge on any atom is -0.342 e. The molecule has 0 bridgehead atoms. The first kappa shape index (κ1) is 24.6. The normalized spacial score (nSPS) is 22.9. The van der Waals surface area contributed by atoms with Gasteiger partial charge in [-0.3, -0.25) is 9.69 Å². The van der Waals surface area contributed by atoms with Crippen molar-refractivity contribution in [3.05, 3.63) is 29.8 Å². The van der Waals surface area contributed by atoms with Gasteiger partial charge in [0.1, 0.15) is 0 Å². The summed E-state index contributed by atoms with van der Waals surface area (Å²) in [6, 6.07) is 7.02. The van der Waals surface area contributed by atoms with Crippen LogP contribution in [0, 0.1) is 12.8 Å². The molecule has 1 aromatic carbocycles. The smallest absolute Gasteiger partial charge is 0.243 e. The van der Waals surface area contributed by atoms with Crippen LogP contribution >= 0.6 is 0 Å². The standard InChI is InChI=1S/C25H40N4O3S/c1-22-6-8-24(9-7-22)33(31,32)29-18-16-27(17-19-29)21-25(30)28-14-10-23(11-15-28)20-26-12-4-2-3-5-13-26/h6-9,23H,2-5,10-21H2,1H3. The van der Waals surface area contributed by atoms with Gasteiger partial charge in [-0.05, 0) is 63.7 Å². The van der Waals surface area contributed by atoms with E-state index in [1.165, 1.54) is 45.3 Å². The van der Waals surface area contributed by atoms with Crippen LogP contribution < -0.4 is 0 Å². The predicted molar refractivity (Wildman–Crippen MR) is 131 cm³/mol. The minimum absolute atomic E-state index is 0.193. The van der Waals surface area contributed by atoms with E-state index >= 15 is 0 Å². The fourth-order valence-electron chi connectivity index (χ4n) is 5.33. The number of likely N-dealkylation sites (tertiary alicyclic amines) is 2. The van der Waals surface area contributed by atoms with Crippen molar-refractivity contribution in [1.82, 2.24) is 19.0 Å². The quantitative estimate of drug-likeness (QED) is 0.631. The fourth-order valence-corrected chi connectivity index (χ4v) is 6.75. The molecule has 0 aromatic heterocycles. The highest BCUT2D eigenvalue weighted by Crippen LogP contribution is 2.22. The van der Waals surface area contributed by atoms with Crippen LogP contribution in [0.4, 0.5) is 0 Å². The van der Waals surface area contributed by atoms with E-state index < -0.39 is 10.0 Å². The molecule has 3 aliphatic heterocycles. The van der Waals surface area contributed by atoms with E-state index in [0.29, 0.717) is 43.5 Å². The summed E-state index contributed by atoms with van der Waals surface area (Å²) in [5.41, 5.74) is 1.04. The van der Waals surface area contributed by atoms with Crippen LogP contribution in [0.2, 0.25) is 0 Å². The lowest BCUT2D eigenvalue weighted by Crippen LogP contribution is -2.52. The molecule has 0 saturated carbocycles. The Hall–Kier alpha value is -1.48. The Morgan fingerprint density at radius 1 is 0.818 bits per heavy atom. The summed E-state index contributed by atoms with van der Waals surface area (Å²) in [5, 5.41) is 0. The molecule has 0 radical (unpaired) electrons. The zero-order valence-corrected chi connectivity index (χ0v) is 20.9. The molecule has 8 heteroatoms. The average molecular weight is 477 g/mol. The molecule has 0 atom stereocenters. The maximum atomic E-state index is 12.9. The van der Waals surface area contributed by atoms with Crippen LogP contribution in [0.3, 0.4) is 0 Å². The second kappa shape index (κ2) is 11.3. The Kier molecular flexibility index (Phi) is 8.43. The van der Waals surface area contributed by atoms with Crippen LogP contribution in [-0.4, -0.2) is 98.8 Å². The number of carbonyl (C=O) groups excluding carboxylic acids is 1. The number of carbonyl (C=O) groups is 1. The average Bonchev–Trinajstić information content (AvgIpc) is 3.09. The highest BCUT2D eigenvalue weighted by molar-refractivity contribution is 7.89. The van der Waals surface area contributed by atoms with E-state index in [9.17, 15) is 13.2 Å². The van der Waals surface area contributed by atoms with Gasteiger partial charge >= 0.3 is 0 Å². The molecule has 0 aliphatic carbocycles. The molecule has 0 unspecified atom stereocenters. The maximum absolute atomic E-state index is 12.9. The van der Waals surface area contributed by atoms with Crippen LogP contribution in [0.5, 0.6) is 0 Å². The Bertz CT molecular complexity index is 865. The third kappa shape index (κ3) is 6.56. The summed E-state index contributed by atoms with van der Waals surface area (Å²) in [5.74, 6) is 0.903. The number of piperazine rings is 1. The van der Waals surface area contributed by atoms with Crippen molar-refractivity contribution in [1.29, 1.82) is 0 Å². The van der Waals surface area contributed by atoms with Crippen molar-refractivity contribution < 1.29 is 13.2 Å². The summed E-state index contributed by atoms with van der Waals surface area (Å²) in [4.78, 5) is 20.0. The molecule has 3 aliphatic rings. The Labute approximate surface area is 199 Å². The van der Waals surface area contributed by atoms with Crippen molar-refractivity contribution in [2.24, 2.45) is 5.92 Å². The molecule has 33 heavy (non-hydrogen) atoms. The van der Waals surface area contributed by atoms with E-state index in [2.05, 4.69) is 9.80 Å². The van der Waals surface area contributed by atoms with Crippen molar-refractivity contribution in [3.8, 4) is 0 Å². The number of aryl methyl sites for hydroxylation is 1. The van der Waals surface area contributed by atoms with E-state index in [1.54, 1.807) is 16.4 Å². The lowest BCUT2D eigenvalue weighted by molar-refractivity contribution is -0.134. The number of piperidine rings is 1. The van der Waals surface area contributed by atoms with Gasteiger partial charge in [0.15, 0.2) is 0 Å². The number of sulfonamides is 1. The van der Waals surface area contributed by atoms with Gasteiger partial charge in [0.25, 0.3) is 0 Å². The number of nitrogens with zero attached hydrogens (tertiary/aromatic N) is 4. The molecule has 1 amide bonds. The van der Waals surface area contributed by atoms with Gasteiger partial charge in [0.2, 0.25) is 15.9 Å². The molecule has 3 fully saturated rings. The van der Waals surface area contributed by atoms with Gasteiger partial charge in [-0.1, -0.05) is 30.5 Å². The Morgan fingerprint density at radius 3 is 2.03 bits per heavy atom. The van der Waals surface area contributed by atoms with Gasteiger partial charge in [-0.25, -0.2) is 8.42 Å². The van der Waals surface area contributed by atoms with Crippen LogP contribution in [0.25, 0.3) is 0 Å². The maximum Gasteiger partial charge on any atom is 0.243 e. The monoisotopic (exact) mass is 476 g/mol. The molecule has 3 saturated heterocycles. The second-order valence-electron chi connectivity index (χ2n) is 10.0. The third-order valence-electron chi connectivity index (χ3n) is 7.53.